The summed E-state index contributed by atoms with van der Waals surface area (Å²) in [6, 6.07) is 60.4. The summed E-state index contributed by atoms with van der Waals surface area (Å²) in [4.78, 5) is 15.3. The number of aromatic nitrogens is 4. The summed E-state index contributed by atoms with van der Waals surface area (Å²) in [5, 5.41) is 11.8. The number of nitrogens with zero attached hydrogens (tertiary/aromatic N) is 5. The number of aryl methyl sites for hydroxylation is 1. The van der Waals surface area contributed by atoms with Crippen molar-refractivity contribution >= 4 is 21.8 Å². The minimum absolute atomic E-state index is 0.579. The maximum Gasteiger partial charge on any atom is 0.166 e. The van der Waals surface area contributed by atoms with Gasteiger partial charge in [-0.2, -0.15) is 5.26 Å². The van der Waals surface area contributed by atoms with Gasteiger partial charge in [0.05, 0.1) is 28.4 Å². The Hall–Kier alpha value is -7.16. The molecule has 0 radical (unpaired) electrons. The van der Waals surface area contributed by atoms with Gasteiger partial charge in [-0.3, -0.25) is 0 Å². The number of hydrogen-bond donors (Lipinski definition) is 0. The highest BCUT2D eigenvalue weighted by atomic mass is 15.1. The Morgan fingerprint density at radius 2 is 1.02 bits per heavy atom. The highest BCUT2D eigenvalue weighted by Crippen LogP contribution is 2.40. The molecule has 244 valence electrons. The van der Waals surface area contributed by atoms with Gasteiger partial charge < -0.3 is 4.57 Å². The number of para-hydroxylation sites is 1. The smallest absolute Gasteiger partial charge is 0.166 e. The monoisotopic (exact) mass is 665 g/mol. The second-order valence-electron chi connectivity index (χ2n) is 12.9. The molecule has 2 heterocycles. The Morgan fingerprint density at radius 3 is 1.71 bits per heavy atom. The fourth-order valence-electron chi connectivity index (χ4n) is 7.05. The molecule has 0 aliphatic carbocycles. The van der Waals surface area contributed by atoms with E-state index in [1.165, 1.54) is 11.1 Å². The van der Waals surface area contributed by atoms with E-state index in [0.29, 0.717) is 23.0 Å². The molecule has 0 saturated heterocycles. The van der Waals surface area contributed by atoms with E-state index in [4.69, 9.17) is 15.0 Å². The molecule has 2 aromatic heterocycles. The van der Waals surface area contributed by atoms with Crippen LogP contribution >= 0.6 is 0 Å². The number of fused-ring (bicyclic) bond motifs is 3. The van der Waals surface area contributed by atoms with Gasteiger partial charge in [-0.05, 0) is 71.1 Å². The van der Waals surface area contributed by atoms with Crippen LogP contribution in [0.1, 0.15) is 11.1 Å². The van der Waals surface area contributed by atoms with Gasteiger partial charge in [0.25, 0.3) is 0 Å². The Labute approximate surface area is 301 Å². The van der Waals surface area contributed by atoms with E-state index in [0.717, 1.165) is 60.9 Å². The minimum Gasteiger partial charge on any atom is -0.308 e. The van der Waals surface area contributed by atoms with Crippen molar-refractivity contribution in [2.45, 2.75) is 6.92 Å². The van der Waals surface area contributed by atoms with Crippen LogP contribution in [0.3, 0.4) is 0 Å². The molecule has 9 aromatic rings. The predicted octanol–water partition coefficient (Wildman–Crippen LogP) is 11.5. The average molecular weight is 666 g/mol. The summed E-state index contributed by atoms with van der Waals surface area (Å²) in [5.41, 5.74) is 12.0. The summed E-state index contributed by atoms with van der Waals surface area (Å²) in [6.45, 7) is 2.16. The van der Waals surface area contributed by atoms with Gasteiger partial charge in [-0.15, -0.1) is 0 Å². The van der Waals surface area contributed by atoms with Crippen molar-refractivity contribution < 1.29 is 0 Å². The van der Waals surface area contributed by atoms with E-state index < -0.39 is 0 Å². The summed E-state index contributed by atoms with van der Waals surface area (Å²) < 4.78 is 2.35. The lowest BCUT2D eigenvalue weighted by atomic mass is 9.99. The van der Waals surface area contributed by atoms with E-state index in [9.17, 15) is 5.26 Å². The molecule has 0 saturated carbocycles. The number of rotatable bonds is 6. The van der Waals surface area contributed by atoms with Gasteiger partial charge in [0.2, 0.25) is 0 Å². The zero-order valence-corrected chi connectivity index (χ0v) is 28.4. The fraction of sp³-hybridized carbons (Fsp3) is 0.0213. The van der Waals surface area contributed by atoms with Crippen LogP contribution < -0.4 is 0 Å². The number of nitriles is 1. The van der Waals surface area contributed by atoms with Crippen LogP contribution in [0.2, 0.25) is 0 Å². The topological polar surface area (TPSA) is 67.4 Å². The van der Waals surface area contributed by atoms with Gasteiger partial charge in [0.15, 0.2) is 17.5 Å². The van der Waals surface area contributed by atoms with Crippen LogP contribution in [0, 0.1) is 18.3 Å². The third-order valence-corrected chi connectivity index (χ3v) is 9.66. The molecule has 5 nitrogen and oxygen atoms in total. The predicted molar refractivity (Wildman–Crippen MR) is 211 cm³/mol. The zero-order valence-electron chi connectivity index (χ0n) is 28.4. The van der Waals surface area contributed by atoms with Gasteiger partial charge in [0.1, 0.15) is 0 Å². The SMILES string of the molecule is Cc1ccccc1-c1ccc2c3ccccc3n(-c3cc(-c4ccc(C#N)cc4)ccc3-c3nc(-c4ccccc4)nc(-c4ccccc4)n3)c2c1. The number of benzene rings is 7. The molecule has 52 heavy (non-hydrogen) atoms. The largest absolute Gasteiger partial charge is 0.308 e. The molecule has 5 heteroatoms. The van der Waals surface area contributed by atoms with Crippen LogP contribution in [0.25, 0.3) is 83.9 Å². The van der Waals surface area contributed by atoms with Crippen LogP contribution in [-0.2, 0) is 0 Å². The van der Waals surface area contributed by atoms with E-state index in [1.54, 1.807) is 0 Å². The van der Waals surface area contributed by atoms with Gasteiger partial charge in [0, 0.05) is 27.5 Å². The second kappa shape index (κ2) is 12.9. The van der Waals surface area contributed by atoms with Crippen molar-refractivity contribution in [2.24, 2.45) is 0 Å². The lowest BCUT2D eigenvalue weighted by molar-refractivity contribution is 1.06. The molecule has 0 fully saturated rings. The molecule has 0 atom stereocenters. The van der Waals surface area contributed by atoms with Gasteiger partial charge in [-0.25, -0.2) is 15.0 Å². The van der Waals surface area contributed by atoms with E-state index in [1.807, 2.05) is 84.9 Å². The highest BCUT2D eigenvalue weighted by Gasteiger charge is 2.21. The molecule has 7 aromatic carbocycles. The molecule has 0 N–H and O–H groups in total. The molecule has 9 rings (SSSR count). The van der Waals surface area contributed by atoms with Crippen LogP contribution in [0.15, 0.2) is 170 Å². The molecular weight excluding hydrogens is 635 g/mol. The maximum absolute atomic E-state index is 9.49. The Kier molecular flexibility index (Phi) is 7.68. The molecule has 0 aliphatic heterocycles. The first-order chi connectivity index (χ1) is 25.6. The Bertz CT molecular complexity index is 2740. The minimum atomic E-state index is 0.579. The maximum atomic E-state index is 9.49. The van der Waals surface area contributed by atoms with E-state index >= 15 is 0 Å². The standard InChI is InChI=1S/C47H31N5/c1-31-12-8-9-17-38(31)37-25-26-40-39-18-10-11-19-42(39)52(43(40)29-37)44-28-36(33-22-20-32(30-48)21-23-33)24-27-41(44)47-50-45(34-13-4-2-5-14-34)49-46(51-47)35-15-6-3-7-16-35/h2-29H,1H3. The van der Waals surface area contributed by atoms with E-state index in [2.05, 4.69) is 102 Å². The first-order valence-electron chi connectivity index (χ1n) is 17.3. The number of hydrogen-bond acceptors (Lipinski definition) is 4. The van der Waals surface area contributed by atoms with Gasteiger partial charge in [-0.1, -0.05) is 133 Å². The normalized spacial score (nSPS) is 11.2. The van der Waals surface area contributed by atoms with Crippen LogP contribution in [0.4, 0.5) is 0 Å². The molecule has 0 unspecified atom stereocenters. The first kappa shape index (κ1) is 30.9. The Balaban J connectivity index is 1.36. The van der Waals surface area contributed by atoms with Crippen LogP contribution in [0.5, 0.6) is 0 Å². The lowest BCUT2D eigenvalue weighted by Crippen LogP contribution is -2.04. The fourth-order valence-corrected chi connectivity index (χ4v) is 7.05. The van der Waals surface area contributed by atoms with E-state index in [-0.39, 0.29) is 0 Å². The summed E-state index contributed by atoms with van der Waals surface area (Å²) in [6.07, 6.45) is 0. The molecule has 0 spiro atoms. The first-order valence-corrected chi connectivity index (χ1v) is 17.3. The van der Waals surface area contributed by atoms with Crippen LogP contribution in [-0.4, -0.2) is 19.5 Å². The average Bonchev–Trinajstić information content (AvgIpc) is 3.55. The van der Waals surface area contributed by atoms with Crippen molar-refractivity contribution in [3.05, 3.63) is 181 Å². The molecule has 0 amide bonds. The van der Waals surface area contributed by atoms with Crippen molar-refractivity contribution in [2.75, 3.05) is 0 Å². The van der Waals surface area contributed by atoms with Gasteiger partial charge >= 0.3 is 0 Å². The Morgan fingerprint density at radius 1 is 0.442 bits per heavy atom. The van der Waals surface area contributed by atoms with Crippen molar-refractivity contribution in [1.29, 1.82) is 5.26 Å². The van der Waals surface area contributed by atoms with Crippen molar-refractivity contribution in [1.82, 2.24) is 19.5 Å². The quantitative estimate of drug-likeness (QED) is 0.177. The molecular formula is C47H31N5. The third-order valence-electron chi connectivity index (χ3n) is 9.66. The lowest BCUT2D eigenvalue weighted by Gasteiger charge is -2.17. The highest BCUT2D eigenvalue weighted by molar-refractivity contribution is 6.11. The molecule has 0 aliphatic rings. The third kappa shape index (κ3) is 5.49. The summed E-state index contributed by atoms with van der Waals surface area (Å²) in [7, 11) is 0. The molecule has 0 bridgehead atoms. The zero-order chi connectivity index (χ0) is 35.0. The van der Waals surface area contributed by atoms with Crippen molar-refractivity contribution in [3.8, 4) is 68.2 Å². The summed E-state index contributed by atoms with van der Waals surface area (Å²) >= 11 is 0. The summed E-state index contributed by atoms with van der Waals surface area (Å²) in [5.74, 6) is 1.79. The second-order valence-corrected chi connectivity index (χ2v) is 12.9. The van der Waals surface area contributed by atoms with Crippen molar-refractivity contribution in [3.63, 3.8) is 0 Å².